The number of hydrogen-bond donors (Lipinski definition) is 1. The number of amides is 1. The van der Waals surface area contributed by atoms with Gasteiger partial charge in [0.15, 0.2) is 5.78 Å². The summed E-state index contributed by atoms with van der Waals surface area (Å²) in [6.07, 6.45) is 1.12. The molecule has 106 valence electrons. The highest BCUT2D eigenvalue weighted by Crippen LogP contribution is 2.26. The molecule has 0 bridgehead atoms. The van der Waals surface area contributed by atoms with Crippen LogP contribution in [-0.4, -0.2) is 11.7 Å². The van der Waals surface area contributed by atoms with E-state index in [9.17, 15) is 9.59 Å². The average molecular weight is 412 g/mol. The Morgan fingerprint density at radius 2 is 1.81 bits per heavy atom. The minimum Gasteiger partial charge on any atom is -0.326 e. The fraction of sp³-hybridized carbons (Fsp3) is 0.125. The van der Waals surface area contributed by atoms with Crippen LogP contribution >= 0.6 is 34.2 Å². The van der Waals surface area contributed by atoms with Gasteiger partial charge >= 0.3 is 0 Å². The van der Waals surface area contributed by atoms with Gasteiger partial charge in [-0.25, -0.2) is 0 Å². The van der Waals surface area contributed by atoms with Crippen molar-refractivity contribution in [3.05, 3.63) is 61.7 Å². The SMILES string of the molecule is O=C1CCc2cc(C(=O)c3ccc(I)c(Cl)c3)ccc2N1. The standard InChI is InChI=1S/C16H11ClINO2/c17-12-8-11(1-4-13(12)18)16(21)10-2-5-14-9(7-10)3-6-15(20)19-14/h1-2,4-5,7-8H,3,6H2,(H,19,20). The summed E-state index contributed by atoms with van der Waals surface area (Å²) < 4.78 is 0.916. The summed E-state index contributed by atoms with van der Waals surface area (Å²) in [6, 6.07) is 10.7. The lowest BCUT2D eigenvalue weighted by Gasteiger charge is -2.17. The maximum absolute atomic E-state index is 12.5. The molecule has 0 unspecified atom stereocenters. The molecule has 1 heterocycles. The third kappa shape index (κ3) is 2.96. The predicted octanol–water partition coefficient (Wildman–Crippen LogP) is 4.06. The Hall–Kier alpha value is -1.40. The van der Waals surface area contributed by atoms with Crippen LogP contribution in [0.3, 0.4) is 0 Å². The number of nitrogens with one attached hydrogen (secondary N) is 1. The van der Waals surface area contributed by atoms with Crippen LogP contribution in [0.2, 0.25) is 5.02 Å². The lowest BCUT2D eigenvalue weighted by atomic mass is 9.96. The molecular formula is C16H11ClINO2. The van der Waals surface area contributed by atoms with Gasteiger partial charge in [0.1, 0.15) is 0 Å². The van der Waals surface area contributed by atoms with Crippen LogP contribution in [0.15, 0.2) is 36.4 Å². The van der Waals surface area contributed by atoms with Gasteiger partial charge in [-0.2, -0.15) is 0 Å². The monoisotopic (exact) mass is 411 g/mol. The van der Waals surface area contributed by atoms with Crippen molar-refractivity contribution in [1.29, 1.82) is 0 Å². The largest absolute Gasteiger partial charge is 0.326 e. The summed E-state index contributed by atoms with van der Waals surface area (Å²) in [5, 5.41) is 3.39. The minimum absolute atomic E-state index is 0.0194. The van der Waals surface area contributed by atoms with Crippen LogP contribution in [0.5, 0.6) is 0 Å². The van der Waals surface area contributed by atoms with E-state index in [0.29, 0.717) is 29.0 Å². The Labute approximate surface area is 140 Å². The topological polar surface area (TPSA) is 46.2 Å². The van der Waals surface area contributed by atoms with Gasteiger partial charge in [-0.15, -0.1) is 0 Å². The third-order valence-corrected chi connectivity index (χ3v) is 5.02. The molecule has 3 rings (SSSR count). The lowest BCUT2D eigenvalue weighted by molar-refractivity contribution is -0.116. The molecule has 0 fully saturated rings. The number of anilines is 1. The molecule has 0 aliphatic carbocycles. The van der Waals surface area contributed by atoms with Gasteiger partial charge in [-0.05, 0) is 71.0 Å². The maximum atomic E-state index is 12.5. The summed E-state index contributed by atoms with van der Waals surface area (Å²) >= 11 is 8.20. The number of rotatable bonds is 2. The number of benzene rings is 2. The maximum Gasteiger partial charge on any atom is 0.224 e. The second kappa shape index (κ2) is 5.77. The number of carbonyl (C=O) groups excluding carboxylic acids is 2. The highest BCUT2D eigenvalue weighted by Gasteiger charge is 2.17. The first kappa shape index (κ1) is 14.5. The van der Waals surface area contributed by atoms with E-state index in [0.717, 1.165) is 14.8 Å². The van der Waals surface area contributed by atoms with Crippen molar-refractivity contribution in [2.75, 3.05) is 5.32 Å². The van der Waals surface area contributed by atoms with Crippen LogP contribution in [0.25, 0.3) is 0 Å². The summed E-state index contributed by atoms with van der Waals surface area (Å²) in [4.78, 5) is 23.9. The zero-order valence-electron chi connectivity index (χ0n) is 11.0. The summed E-state index contributed by atoms with van der Waals surface area (Å²) in [6.45, 7) is 0. The van der Waals surface area contributed by atoms with Gasteiger partial charge in [0, 0.05) is 26.8 Å². The minimum atomic E-state index is -0.0620. The van der Waals surface area contributed by atoms with E-state index in [1.807, 2.05) is 12.1 Å². The van der Waals surface area contributed by atoms with Gasteiger partial charge < -0.3 is 5.32 Å². The van der Waals surface area contributed by atoms with E-state index in [1.54, 1.807) is 24.3 Å². The Morgan fingerprint density at radius 3 is 2.57 bits per heavy atom. The molecule has 0 saturated carbocycles. The fourth-order valence-corrected chi connectivity index (χ4v) is 2.84. The van der Waals surface area contributed by atoms with E-state index in [-0.39, 0.29) is 11.7 Å². The van der Waals surface area contributed by atoms with Gasteiger partial charge in [0.25, 0.3) is 0 Å². The smallest absolute Gasteiger partial charge is 0.224 e. The van der Waals surface area contributed by atoms with Crippen molar-refractivity contribution < 1.29 is 9.59 Å². The quantitative estimate of drug-likeness (QED) is 0.598. The molecule has 0 radical (unpaired) electrons. The van der Waals surface area contributed by atoms with E-state index in [2.05, 4.69) is 27.9 Å². The number of ketones is 1. The Morgan fingerprint density at radius 1 is 1.10 bits per heavy atom. The molecule has 3 nitrogen and oxygen atoms in total. The summed E-state index contributed by atoms with van der Waals surface area (Å²) in [5.41, 5.74) is 2.97. The van der Waals surface area contributed by atoms with Crippen LogP contribution in [-0.2, 0) is 11.2 Å². The fourth-order valence-electron chi connectivity index (χ4n) is 2.33. The van der Waals surface area contributed by atoms with Crippen LogP contribution < -0.4 is 5.32 Å². The molecule has 2 aromatic rings. The van der Waals surface area contributed by atoms with Gasteiger partial charge in [0.2, 0.25) is 5.91 Å². The zero-order valence-corrected chi connectivity index (χ0v) is 13.9. The molecule has 0 saturated heterocycles. The summed E-state index contributed by atoms with van der Waals surface area (Å²) in [5.74, 6) is -0.0426. The Kier molecular flexibility index (Phi) is 3.99. The molecular weight excluding hydrogens is 401 g/mol. The van der Waals surface area contributed by atoms with E-state index >= 15 is 0 Å². The number of aryl methyl sites for hydroxylation is 1. The number of hydrogen-bond acceptors (Lipinski definition) is 2. The van der Waals surface area contributed by atoms with Crippen molar-refractivity contribution in [1.82, 2.24) is 0 Å². The molecule has 1 amide bonds. The Bertz CT molecular complexity index is 758. The first-order chi connectivity index (χ1) is 10.0. The van der Waals surface area contributed by atoms with Crippen molar-refractivity contribution in [2.45, 2.75) is 12.8 Å². The second-order valence-corrected chi connectivity index (χ2v) is 6.45. The number of halogens is 2. The predicted molar refractivity (Wildman–Crippen MR) is 91.0 cm³/mol. The number of carbonyl (C=O) groups is 2. The van der Waals surface area contributed by atoms with Crippen molar-refractivity contribution in [3.63, 3.8) is 0 Å². The summed E-state index contributed by atoms with van der Waals surface area (Å²) in [7, 11) is 0. The molecule has 0 atom stereocenters. The van der Waals surface area contributed by atoms with E-state index < -0.39 is 0 Å². The first-order valence-corrected chi connectivity index (χ1v) is 7.93. The van der Waals surface area contributed by atoms with Gasteiger partial charge in [0.05, 0.1) is 5.02 Å². The molecule has 5 heteroatoms. The number of fused-ring (bicyclic) bond motifs is 1. The first-order valence-electron chi connectivity index (χ1n) is 6.47. The molecule has 1 N–H and O–H groups in total. The van der Waals surface area contributed by atoms with Gasteiger partial charge in [-0.1, -0.05) is 11.6 Å². The van der Waals surface area contributed by atoms with Crippen molar-refractivity contribution >= 4 is 51.6 Å². The Balaban J connectivity index is 1.95. The molecule has 0 aromatic heterocycles. The molecule has 2 aromatic carbocycles. The molecule has 21 heavy (non-hydrogen) atoms. The third-order valence-electron chi connectivity index (χ3n) is 3.44. The average Bonchev–Trinajstić information content (AvgIpc) is 2.49. The van der Waals surface area contributed by atoms with E-state index in [4.69, 9.17) is 11.6 Å². The van der Waals surface area contributed by atoms with Crippen LogP contribution in [0, 0.1) is 3.57 Å². The van der Waals surface area contributed by atoms with E-state index in [1.165, 1.54) is 0 Å². The van der Waals surface area contributed by atoms with Gasteiger partial charge in [-0.3, -0.25) is 9.59 Å². The van der Waals surface area contributed by atoms with Crippen molar-refractivity contribution in [2.24, 2.45) is 0 Å². The highest BCUT2D eigenvalue weighted by molar-refractivity contribution is 14.1. The molecule has 1 aliphatic rings. The van der Waals surface area contributed by atoms with Crippen LogP contribution in [0.4, 0.5) is 5.69 Å². The second-order valence-electron chi connectivity index (χ2n) is 4.88. The normalized spacial score (nSPS) is 13.5. The molecule has 1 aliphatic heterocycles. The van der Waals surface area contributed by atoms with Crippen LogP contribution in [0.1, 0.15) is 27.9 Å². The zero-order chi connectivity index (χ0) is 15.0. The van der Waals surface area contributed by atoms with Crippen molar-refractivity contribution in [3.8, 4) is 0 Å². The molecule has 0 spiro atoms. The lowest BCUT2D eigenvalue weighted by Crippen LogP contribution is -2.19. The highest BCUT2D eigenvalue weighted by atomic mass is 127.